The molecule has 2 fully saturated rings. The van der Waals surface area contributed by atoms with Crippen LogP contribution in [0.5, 0.6) is 0 Å². The van der Waals surface area contributed by atoms with Crippen LogP contribution < -0.4 is 10.6 Å². The molecule has 4 rings (SSSR count). The van der Waals surface area contributed by atoms with E-state index in [0.717, 1.165) is 31.2 Å². The molecule has 5 atom stereocenters. The topological polar surface area (TPSA) is 185 Å². The van der Waals surface area contributed by atoms with Crippen LogP contribution in [0.2, 0.25) is 0 Å². The number of anilines is 1. The lowest BCUT2D eigenvalue weighted by Crippen LogP contribution is -2.41. The lowest BCUT2D eigenvalue weighted by atomic mass is 9.75. The molecule has 3 aliphatic rings. The number of amidine groups is 1. The van der Waals surface area contributed by atoms with Gasteiger partial charge in [0.2, 0.25) is 11.8 Å². The van der Waals surface area contributed by atoms with Crippen LogP contribution in [-0.4, -0.2) is 70.5 Å². The molecule has 2 aliphatic carbocycles. The number of H-pyrrole nitrogens is 1. The monoisotopic (exact) mass is 792 g/mol. The SMILES string of the molecule is CC(=O)Nc1[nH]c(C=C2N=C(NC(=O)C(C)SCCCS(=O)(=O)O)C(C(=O)OC3C(C)CC(C)CC3C)=C2C)c(C)c1COOC1C(C)CC(C)CC1C. The summed E-state index contributed by atoms with van der Waals surface area (Å²) in [5, 5.41) is 5.07. The van der Waals surface area contributed by atoms with Crippen molar-refractivity contribution in [2.75, 3.05) is 16.8 Å². The Morgan fingerprint density at radius 3 is 2.09 bits per heavy atom. The maximum atomic E-state index is 14.0. The number of nitrogens with zero attached hydrogens (tertiary/aromatic N) is 1. The highest BCUT2D eigenvalue weighted by atomic mass is 32.2. The molecule has 0 aromatic carbocycles. The summed E-state index contributed by atoms with van der Waals surface area (Å²) < 4.78 is 37.5. The van der Waals surface area contributed by atoms with Crippen molar-refractivity contribution in [2.24, 2.45) is 40.5 Å². The van der Waals surface area contributed by atoms with Gasteiger partial charge in [-0.05, 0) is 111 Å². The fourth-order valence-corrected chi connectivity index (χ4v) is 9.97. The first-order valence-electron chi connectivity index (χ1n) is 19.1. The van der Waals surface area contributed by atoms with Crippen molar-refractivity contribution in [3.63, 3.8) is 0 Å². The van der Waals surface area contributed by atoms with Gasteiger partial charge in [-0.25, -0.2) is 19.6 Å². The zero-order valence-corrected chi connectivity index (χ0v) is 35.0. The van der Waals surface area contributed by atoms with Crippen LogP contribution in [0.25, 0.3) is 6.08 Å². The third kappa shape index (κ3) is 11.5. The lowest BCUT2D eigenvalue weighted by Gasteiger charge is -2.37. The fraction of sp³-hybridized carbons (Fsp3) is 0.692. The van der Waals surface area contributed by atoms with Gasteiger partial charge >= 0.3 is 5.97 Å². The maximum Gasteiger partial charge on any atom is 0.342 e. The maximum absolute atomic E-state index is 14.0. The number of amides is 2. The normalized spacial score (nSPS) is 28.9. The second-order valence-corrected chi connectivity index (χ2v) is 19.1. The molecule has 0 saturated heterocycles. The van der Waals surface area contributed by atoms with Crippen LogP contribution in [0.4, 0.5) is 5.82 Å². The van der Waals surface area contributed by atoms with Crippen molar-refractivity contribution >= 4 is 57.4 Å². The molecule has 1 aromatic rings. The van der Waals surface area contributed by atoms with Crippen molar-refractivity contribution in [3.05, 3.63) is 33.7 Å². The largest absolute Gasteiger partial charge is 0.458 e. The third-order valence-corrected chi connectivity index (χ3v) is 13.0. The van der Waals surface area contributed by atoms with Crippen LogP contribution in [0, 0.1) is 42.4 Å². The summed E-state index contributed by atoms with van der Waals surface area (Å²) >= 11 is 1.23. The van der Waals surface area contributed by atoms with Crippen molar-refractivity contribution in [3.8, 4) is 0 Å². The van der Waals surface area contributed by atoms with Crippen molar-refractivity contribution in [1.82, 2.24) is 10.3 Å². The van der Waals surface area contributed by atoms with Gasteiger partial charge < -0.3 is 20.4 Å². The molecule has 15 heteroatoms. The highest BCUT2D eigenvalue weighted by Gasteiger charge is 2.38. The van der Waals surface area contributed by atoms with Crippen molar-refractivity contribution in [2.45, 2.75) is 125 Å². The number of carbonyl (C=O) groups is 3. The van der Waals surface area contributed by atoms with Gasteiger partial charge in [0.1, 0.15) is 29.9 Å². The summed E-state index contributed by atoms with van der Waals surface area (Å²) in [6, 6.07) is 0. The van der Waals surface area contributed by atoms with Crippen LogP contribution in [0.3, 0.4) is 0 Å². The molecule has 2 saturated carbocycles. The minimum Gasteiger partial charge on any atom is -0.458 e. The van der Waals surface area contributed by atoms with Crippen molar-refractivity contribution < 1.29 is 41.9 Å². The Morgan fingerprint density at radius 1 is 0.963 bits per heavy atom. The highest BCUT2D eigenvalue weighted by Crippen LogP contribution is 2.38. The second-order valence-electron chi connectivity index (χ2n) is 16.1. The van der Waals surface area contributed by atoms with Crippen LogP contribution in [-0.2, 0) is 45.6 Å². The first-order valence-corrected chi connectivity index (χ1v) is 21.8. The standard InChI is InChI=1S/C39H60N4O9S2/c1-20-14-22(3)34(23(4)15-20)51-39(46)33-27(8)32(42-37(33)43-38(45)28(9)53-12-11-13-54(47,48)49)18-31-26(7)30(36(41-31)40-29(10)44)19-50-52-35-24(5)16-21(2)17-25(35)6/h18,20-25,28,34-35,41H,11-17,19H2,1-10H3,(H,40,44)(H,42,43,45)(H,47,48,49). The third-order valence-electron chi connectivity index (χ3n) is 10.9. The average molecular weight is 793 g/mol. The van der Waals surface area contributed by atoms with Gasteiger partial charge in [-0.2, -0.15) is 8.42 Å². The summed E-state index contributed by atoms with van der Waals surface area (Å²) in [4.78, 5) is 59.4. The van der Waals surface area contributed by atoms with E-state index in [1.165, 1.54) is 18.7 Å². The number of hydrogen-bond acceptors (Lipinski definition) is 10. The number of esters is 1. The zero-order chi connectivity index (χ0) is 40.1. The molecule has 13 nitrogen and oxygen atoms in total. The van der Waals surface area contributed by atoms with Gasteiger partial charge in [0.05, 0.1) is 22.8 Å². The van der Waals surface area contributed by atoms with Crippen LogP contribution in [0.15, 0.2) is 21.8 Å². The number of aromatic nitrogens is 1. The van der Waals surface area contributed by atoms with E-state index in [2.05, 4.69) is 57.2 Å². The van der Waals surface area contributed by atoms with Gasteiger partial charge in [0.15, 0.2) is 0 Å². The van der Waals surface area contributed by atoms with E-state index >= 15 is 0 Å². The van der Waals surface area contributed by atoms with Gasteiger partial charge in [-0.15, -0.1) is 11.8 Å². The minimum absolute atomic E-state index is 0.0422. The van der Waals surface area contributed by atoms with Gasteiger partial charge in [-0.1, -0.05) is 41.5 Å². The summed E-state index contributed by atoms with van der Waals surface area (Å²) in [6.07, 6.45) is 5.60. The molecule has 2 amide bonds. The number of ether oxygens (including phenoxy) is 1. The van der Waals surface area contributed by atoms with E-state index in [9.17, 15) is 22.8 Å². The predicted octanol–water partition coefficient (Wildman–Crippen LogP) is 7.00. The van der Waals surface area contributed by atoms with E-state index in [0.29, 0.717) is 57.8 Å². The van der Waals surface area contributed by atoms with E-state index in [4.69, 9.17) is 24.1 Å². The first kappa shape index (κ1) is 43.7. The summed E-state index contributed by atoms with van der Waals surface area (Å²) in [5.74, 6) is 1.35. The number of hydrogen-bond donors (Lipinski definition) is 4. The summed E-state index contributed by atoms with van der Waals surface area (Å²) in [6.45, 7) is 19.8. The quantitative estimate of drug-likeness (QED) is 0.0503. The Balaban J connectivity index is 1.62. The fourth-order valence-electron chi connectivity index (χ4n) is 8.41. The molecular formula is C39H60N4O9S2. The number of carbonyl (C=O) groups excluding carboxylic acids is 3. The average Bonchev–Trinajstić information content (AvgIpc) is 3.51. The number of aliphatic imine (C=N–C) groups is 1. The Hall–Kier alpha value is -2.98. The number of rotatable bonds is 14. The van der Waals surface area contributed by atoms with Crippen LogP contribution in [0.1, 0.15) is 111 Å². The molecule has 1 aliphatic heterocycles. The Labute approximate surface area is 325 Å². The molecule has 2 heterocycles. The van der Waals surface area contributed by atoms with E-state index in [-0.39, 0.29) is 54.4 Å². The predicted molar refractivity (Wildman–Crippen MR) is 212 cm³/mol. The Bertz CT molecular complexity index is 1730. The van der Waals surface area contributed by atoms with Gasteiger partial charge in [-0.3, -0.25) is 14.1 Å². The Kier molecular flexibility index (Phi) is 15.2. The molecule has 0 bridgehead atoms. The van der Waals surface area contributed by atoms with Gasteiger partial charge in [0, 0.05) is 18.2 Å². The Morgan fingerprint density at radius 2 is 1.54 bits per heavy atom. The molecular weight excluding hydrogens is 733 g/mol. The van der Waals surface area contributed by atoms with E-state index < -0.39 is 33.0 Å². The molecule has 302 valence electrons. The van der Waals surface area contributed by atoms with Crippen molar-refractivity contribution in [1.29, 1.82) is 0 Å². The summed E-state index contributed by atoms with van der Waals surface area (Å²) in [5.41, 5.74) is 3.20. The number of allylic oxidation sites excluding steroid dienone is 1. The number of thioether (sulfide) groups is 1. The molecule has 5 unspecified atom stereocenters. The van der Waals surface area contributed by atoms with E-state index in [1.807, 2.05) is 6.92 Å². The van der Waals surface area contributed by atoms with E-state index in [1.54, 1.807) is 19.9 Å². The highest BCUT2D eigenvalue weighted by molar-refractivity contribution is 8.00. The lowest BCUT2D eigenvalue weighted by molar-refractivity contribution is -0.354. The first-order chi connectivity index (χ1) is 25.2. The minimum atomic E-state index is -4.10. The van der Waals surface area contributed by atoms with Gasteiger partial charge in [0.25, 0.3) is 10.1 Å². The molecule has 4 N–H and O–H groups in total. The molecule has 1 aromatic heterocycles. The molecule has 0 radical (unpaired) electrons. The van der Waals surface area contributed by atoms with Crippen LogP contribution >= 0.6 is 11.8 Å². The smallest absolute Gasteiger partial charge is 0.342 e. The zero-order valence-electron chi connectivity index (χ0n) is 33.4. The number of aromatic amines is 1. The molecule has 54 heavy (non-hydrogen) atoms. The summed E-state index contributed by atoms with van der Waals surface area (Å²) in [7, 11) is -4.10. The molecule has 0 spiro atoms. The number of nitrogens with one attached hydrogen (secondary N) is 3. The second kappa shape index (κ2) is 18.8.